The summed E-state index contributed by atoms with van der Waals surface area (Å²) in [7, 11) is 0. The molecule has 1 amide bonds. The molecule has 0 fully saturated rings. The van der Waals surface area contributed by atoms with Crippen molar-refractivity contribution in [3.8, 4) is 17.0 Å². The fraction of sp³-hybridized carbons (Fsp3) is 0.227. The minimum absolute atomic E-state index is 0.0343. The van der Waals surface area contributed by atoms with Gasteiger partial charge in [-0.3, -0.25) is 4.79 Å². The molecule has 5 N–H and O–H groups in total. The summed E-state index contributed by atoms with van der Waals surface area (Å²) < 4.78 is 19.9. The van der Waals surface area contributed by atoms with Gasteiger partial charge < -0.3 is 21.3 Å². The van der Waals surface area contributed by atoms with Crippen molar-refractivity contribution < 1.29 is 19.0 Å². The highest BCUT2D eigenvalue weighted by molar-refractivity contribution is 6.33. The van der Waals surface area contributed by atoms with Crippen LogP contribution in [0.2, 0.25) is 5.02 Å². The molecule has 7 nitrogen and oxygen atoms in total. The first kappa shape index (κ1) is 21.2. The van der Waals surface area contributed by atoms with E-state index in [-0.39, 0.29) is 40.9 Å². The van der Waals surface area contributed by atoms with Crippen molar-refractivity contribution in [1.29, 1.82) is 0 Å². The van der Waals surface area contributed by atoms with Gasteiger partial charge in [-0.25, -0.2) is 9.97 Å². The number of pyridine rings is 2. The van der Waals surface area contributed by atoms with Gasteiger partial charge in [0.15, 0.2) is 0 Å². The topological polar surface area (TPSA) is 124 Å². The number of aliphatic hydroxyl groups is 1. The fourth-order valence-corrected chi connectivity index (χ4v) is 3.87. The Hall–Kier alpha value is -3.07. The molecule has 0 unspecified atom stereocenters. The summed E-state index contributed by atoms with van der Waals surface area (Å²) in [6.45, 7) is 1.40. The third-order valence-electron chi connectivity index (χ3n) is 5.69. The smallest absolute Gasteiger partial charge is 0.232 e. The zero-order valence-corrected chi connectivity index (χ0v) is 17.4. The molecule has 1 aromatic carbocycles. The molecule has 0 saturated heterocycles. The van der Waals surface area contributed by atoms with Crippen molar-refractivity contribution in [1.82, 2.24) is 9.97 Å². The number of halogens is 2. The normalized spacial score (nSPS) is 19.4. The Balaban J connectivity index is 2.05. The van der Waals surface area contributed by atoms with Crippen LogP contribution in [0.15, 0.2) is 48.7 Å². The highest BCUT2D eigenvalue weighted by atomic mass is 35.5. The Morgan fingerprint density at radius 2 is 2.06 bits per heavy atom. The molecule has 9 heteroatoms. The fourth-order valence-electron chi connectivity index (χ4n) is 3.67. The summed E-state index contributed by atoms with van der Waals surface area (Å²) in [5.74, 6) is -1.25. The Morgan fingerprint density at radius 3 is 2.71 bits per heavy atom. The molecule has 0 radical (unpaired) electrons. The molecule has 3 heterocycles. The highest BCUT2D eigenvalue weighted by Gasteiger charge is 2.45. The van der Waals surface area contributed by atoms with E-state index in [2.05, 4.69) is 9.97 Å². The number of carbonyl (C=O) groups is 1. The van der Waals surface area contributed by atoms with Gasteiger partial charge in [-0.15, -0.1) is 0 Å². The van der Waals surface area contributed by atoms with Gasteiger partial charge in [0, 0.05) is 23.9 Å². The Morgan fingerprint density at radius 1 is 1.35 bits per heavy atom. The summed E-state index contributed by atoms with van der Waals surface area (Å²) in [5, 5.41) is 11.3. The lowest BCUT2D eigenvalue weighted by atomic mass is 9.81. The molecule has 0 spiro atoms. The number of aromatic nitrogens is 2. The number of ether oxygens (including phenoxy) is 1. The average molecular weight is 443 g/mol. The number of hydrogen-bond acceptors (Lipinski definition) is 6. The molecular weight excluding hydrogens is 423 g/mol. The number of amides is 1. The van der Waals surface area contributed by atoms with Gasteiger partial charge in [-0.2, -0.15) is 4.39 Å². The number of hydrogen-bond donors (Lipinski definition) is 3. The van der Waals surface area contributed by atoms with Crippen molar-refractivity contribution in [2.75, 3.05) is 13.2 Å². The van der Waals surface area contributed by atoms with Crippen LogP contribution in [0.1, 0.15) is 23.7 Å². The van der Waals surface area contributed by atoms with E-state index in [1.165, 1.54) is 12.3 Å². The second-order valence-electron chi connectivity index (χ2n) is 7.61. The van der Waals surface area contributed by atoms with Crippen molar-refractivity contribution in [3.63, 3.8) is 0 Å². The van der Waals surface area contributed by atoms with Crippen LogP contribution in [0, 0.1) is 5.95 Å². The minimum atomic E-state index is -1.69. The van der Waals surface area contributed by atoms with E-state index in [1.807, 2.05) is 0 Å². The van der Waals surface area contributed by atoms with E-state index >= 15 is 0 Å². The van der Waals surface area contributed by atoms with Crippen LogP contribution >= 0.6 is 11.6 Å². The van der Waals surface area contributed by atoms with Gasteiger partial charge in [0.25, 0.3) is 0 Å². The number of rotatable bonds is 5. The van der Waals surface area contributed by atoms with Crippen LogP contribution in [0.5, 0.6) is 5.75 Å². The third-order valence-corrected chi connectivity index (χ3v) is 6.05. The summed E-state index contributed by atoms with van der Waals surface area (Å²) >= 11 is 6.17. The van der Waals surface area contributed by atoms with Gasteiger partial charge in [-0.05, 0) is 24.6 Å². The van der Waals surface area contributed by atoms with Gasteiger partial charge in [0.05, 0.1) is 5.69 Å². The number of fused-ring (bicyclic) bond motifs is 1. The third kappa shape index (κ3) is 3.23. The Labute approximate surface area is 182 Å². The standard InChI is InChI=1S/C22H20ClFN4O3/c1-21(20(26)29)11-31-18-14(21)9-15(22(30,10-25)12-5-3-2-4-6-12)28-17(18)13-7-8-27-19(24)16(13)23/h2-9,30H,10-11,25H2,1H3,(H2,26,29)/t21-,22+/m0/s1. The maximum Gasteiger partial charge on any atom is 0.232 e. The molecule has 1 aliphatic heterocycles. The molecular formula is C22H20ClFN4O3. The van der Waals surface area contributed by atoms with Crippen molar-refractivity contribution in [2.45, 2.75) is 17.9 Å². The zero-order valence-electron chi connectivity index (χ0n) is 16.6. The molecule has 1 aliphatic rings. The number of benzene rings is 1. The van der Waals surface area contributed by atoms with E-state index in [4.69, 9.17) is 27.8 Å². The first-order valence-electron chi connectivity index (χ1n) is 9.49. The first-order chi connectivity index (χ1) is 14.7. The summed E-state index contributed by atoms with van der Waals surface area (Å²) in [6, 6.07) is 11.8. The van der Waals surface area contributed by atoms with Crippen LogP contribution in [-0.2, 0) is 15.8 Å². The van der Waals surface area contributed by atoms with E-state index in [0.29, 0.717) is 11.1 Å². The van der Waals surface area contributed by atoms with Crippen molar-refractivity contribution in [2.24, 2.45) is 11.5 Å². The molecule has 31 heavy (non-hydrogen) atoms. The van der Waals surface area contributed by atoms with Gasteiger partial charge in [-0.1, -0.05) is 41.9 Å². The predicted octanol–water partition coefficient (Wildman–Crippen LogP) is 2.27. The predicted molar refractivity (Wildman–Crippen MR) is 113 cm³/mol. The number of carbonyl (C=O) groups excluding carboxylic acids is 1. The molecule has 2 atom stereocenters. The molecule has 4 rings (SSSR count). The molecule has 0 aliphatic carbocycles. The summed E-state index contributed by atoms with van der Waals surface area (Å²) in [5.41, 5.74) is 10.2. The summed E-state index contributed by atoms with van der Waals surface area (Å²) in [6.07, 6.45) is 1.24. The Bertz CT molecular complexity index is 1180. The van der Waals surface area contributed by atoms with Gasteiger partial charge >= 0.3 is 0 Å². The maximum atomic E-state index is 14.1. The lowest BCUT2D eigenvalue weighted by Gasteiger charge is -2.29. The lowest BCUT2D eigenvalue weighted by molar-refractivity contribution is -0.123. The number of primary amides is 1. The average Bonchev–Trinajstić information content (AvgIpc) is 3.13. The first-order valence-corrected chi connectivity index (χ1v) is 9.87. The molecule has 3 aromatic rings. The van der Waals surface area contributed by atoms with Crippen LogP contribution in [0.3, 0.4) is 0 Å². The molecule has 0 bridgehead atoms. The van der Waals surface area contributed by atoms with Gasteiger partial charge in [0.1, 0.15) is 34.1 Å². The van der Waals surface area contributed by atoms with E-state index in [9.17, 15) is 14.3 Å². The van der Waals surface area contributed by atoms with E-state index < -0.39 is 22.9 Å². The Kier molecular flexibility index (Phi) is 5.17. The van der Waals surface area contributed by atoms with Gasteiger partial charge in [0.2, 0.25) is 11.9 Å². The van der Waals surface area contributed by atoms with Crippen LogP contribution < -0.4 is 16.2 Å². The molecule has 2 aromatic heterocycles. The largest absolute Gasteiger partial charge is 0.489 e. The second-order valence-corrected chi connectivity index (χ2v) is 7.99. The van der Waals surface area contributed by atoms with Crippen LogP contribution in [-0.4, -0.2) is 34.1 Å². The monoisotopic (exact) mass is 442 g/mol. The second kappa shape index (κ2) is 7.56. The molecule has 0 saturated carbocycles. The highest BCUT2D eigenvalue weighted by Crippen LogP contribution is 2.47. The maximum absolute atomic E-state index is 14.1. The zero-order chi connectivity index (χ0) is 22.4. The lowest BCUT2D eigenvalue weighted by Crippen LogP contribution is -2.41. The quantitative estimate of drug-likeness (QED) is 0.520. The SMILES string of the molecule is C[C@]1(C(N)=O)COc2c1cc([C@@](O)(CN)c1ccccc1)nc2-c1ccnc(F)c1Cl. The number of nitrogens with two attached hydrogens (primary N) is 2. The van der Waals surface area contributed by atoms with Crippen LogP contribution in [0.25, 0.3) is 11.3 Å². The van der Waals surface area contributed by atoms with E-state index in [1.54, 1.807) is 43.3 Å². The van der Waals surface area contributed by atoms with Crippen molar-refractivity contribution in [3.05, 3.63) is 76.5 Å². The molecule has 160 valence electrons. The van der Waals surface area contributed by atoms with Crippen molar-refractivity contribution >= 4 is 17.5 Å². The summed E-state index contributed by atoms with van der Waals surface area (Å²) in [4.78, 5) is 20.4. The van der Waals surface area contributed by atoms with Crippen LogP contribution in [0.4, 0.5) is 4.39 Å². The number of nitrogens with zero attached hydrogens (tertiary/aromatic N) is 2. The van der Waals surface area contributed by atoms with E-state index in [0.717, 1.165) is 0 Å². The minimum Gasteiger partial charge on any atom is -0.489 e.